The average Bonchev–Trinajstić information content (AvgIpc) is 3.33. The zero-order chi connectivity index (χ0) is 29.2. The fraction of sp³-hybridized carbons (Fsp3) is 0.538. The van der Waals surface area contributed by atoms with E-state index in [1.165, 1.54) is 17.7 Å². The van der Waals surface area contributed by atoms with Crippen LogP contribution in [0.3, 0.4) is 0 Å². The van der Waals surface area contributed by atoms with Gasteiger partial charge in [0.1, 0.15) is 7.11 Å². The number of hydrogen-bond acceptors (Lipinski definition) is 8. The molecule has 3 aromatic rings. The van der Waals surface area contributed by atoms with Gasteiger partial charge in [0.2, 0.25) is 21.5 Å². The largest absolute Gasteiger partial charge is 0.396 e. The van der Waals surface area contributed by atoms with Crippen molar-refractivity contribution in [2.45, 2.75) is 51.6 Å². The SMILES string of the molecule is CCCNS(=O)(=O)c1cc(N2CCN(C(=O)C(C)C)[C@H](C)C2)c2[nH]/c(=N\OC)n(Cc3cnn(C)c3)c(=O)c2c1. The molecule has 1 saturated heterocycles. The van der Waals surface area contributed by atoms with Crippen LogP contribution in [0.1, 0.15) is 39.7 Å². The molecule has 13 nitrogen and oxygen atoms in total. The van der Waals surface area contributed by atoms with Crippen LogP contribution in [0.5, 0.6) is 0 Å². The Balaban J connectivity index is 1.92. The summed E-state index contributed by atoms with van der Waals surface area (Å²) in [4.78, 5) is 38.8. The number of sulfonamides is 1. The molecule has 1 aliphatic heterocycles. The monoisotopic (exact) mass is 574 g/mol. The number of benzene rings is 1. The first kappa shape index (κ1) is 29.3. The summed E-state index contributed by atoms with van der Waals surface area (Å²) >= 11 is 0. The summed E-state index contributed by atoms with van der Waals surface area (Å²) < 4.78 is 32.1. The molecule has 0 aliphatic carbocycles. The highest BCUT2D eigenvalue weighted by Gasteiger charge is 2.31. The number of aryl methyl sites for hydroxylation is 1. The third kappa shape index (κ3) is 5.92. The Morgan fingerprint density at radius 2 is 2.05 bits per heavy atom. The summed E-state index contributed by atoms with van der Waals surface area (Å²) in [6.07, 6.45) is 4.05. The maximum absolute atomic E-state index is 14.0. The van der Waals surface area contributed by atoms with Gasteiger partial charge in [0.25, 0.3) is 5.56 Å². The van der Waals surface area contributed by atoms with Gasteiger partial charge in [0, 0.05) is 56.9 Å². The van der Waals surface area contributed by atoms with Crippen LogP contribution in [0.2, 0.25) is 0 Å². The number of piperazine rings is 1. The molecule has 2 aromatic heterocycles. The van der Waals surface area contributed by atoms with Gasteiger partial charge >= 0.3 is 0 Å². The predicted octanol–water partition coefficient (Wildman–Crippen LogP) is 0.955. The van der Waals surface area contributed by atoms with Gasteiger partial charge in [-0.15, -0.1) is 0 Å². The molecule has 40 heavy (non-hydrogen) atoms. The zero-order valence-electron chi connectivity index (χ0n) is 23.8. The van der Waals surface area contributed by atoms with Gasteiger partial charge < -0.3 is 19.6 Å². The van der Waals surface area contributed by atoms with Crippen LogP contribution in [0.15, 0.2) is 39.4 Å². The molecule has 0 unspecified atom stereocenters. The molecule has 1 atom stereocenters. The summed E-state index contributed by atoms with van der Waals surface area (Å²) in [6.45, 7) is 9.40. The number of rotatable bonds is 9. The average molecular weight is 575 g/mol. The van der Waals surface area contributed by atoms with Crippen molar-refractivity contribution in [1.29, 1.82) is 0 Å². The van der Waals surface area contributed by atoms with E-state index < -0.39 is 15.6 Å². The highest BCUT2D eigenvalue weighted by atomic mass is 32.2. The highest BCUT2D eigenvalue weighted by molar-refractivity contribution is 7.89. The second-order valence-electron chi connectivity index (χ2n) is 10.4. The Bertz CT molecular complexity index is 1620. The Morgan fingerprint density at radius 3 is 2.65 bits per heavy atom. The van der Waals surface area contributed by atoms with Gasteiger partial charge in [0.15, 0.2) is 0 Å². The summed E-state index contributed by atoms with van der Waals surface area (Å²) in [5.41, 5.74) is 1.48. The van der Waals surface area contributed by atoms with Crippen LogP contribution in [-0.4, -0.2) is 77.9 Å². The lowest BCUT2D eigenvalue weighted by Gasteiger charge is -2.42. The lowest BCUT2D eigenvalue weighted by atomic mass is 10.1. The number of hydrogen-bond donors (Lipinski definition) is 2. The second kappa shape index (κ2) is 11.8. The van der Waals surface area contributed by atoms with Crippen LogP contribution < -0.4 is 20.8 Å². The molecule has 0 bridgehead atoms. The van der Waals surface area contributed by atoms with E-state index in [-0.39, 0.29) is 46.9 Å². The number of H-pyrrole nitrogens is 1. The minimum absolute atomic E-state index is 0.00773. The number of amides is 1. The molecule has 1 aromatic carbocycles. The fourth-order valence-corrected chi connectivity index (χ4v) is 6.10. The summed E-state index contributed by atoms with van der Waals surface area (Å²) in [5.74, 6) is -0.0547. The van der Waals surface area contributed by atoms with Crippen molar-refractivity contribution in [3.63, 3.8) is 0 Å². The van der Waals surface area contributed by atoms with Gasteiger partial charge in [0.05, 0.1) is 34.2 Å². The first-order valence-corrected chi connectivity index (χ1v) is 14.9. The Labute approximate surface area is 233 Å². The zero-order valence-corrected chi connectivity index (χ0v) is 24.7. The number of aromatic amines is 1. The first-order chi connectivity index (χ1) is 19.0. The standard InChI is InChI=1S/C26H38N8O5S/c1-7-8-28-40(37,38)20-11-21-23(22(12-20)32-9-10-33(18(4)14-32)24(35)17(2)3)29-26(30-39-6)34(25(21)36)16-19-13-27-31(5)15-19/h11-13,15,17-18,28H,7-10,14,16H2,1-6H3,(H,29,30)/t18-/m1/s1. The number of fused-ring (bicyclic) bond motifs is 1. The van der Waals surface area contributed by atoms with Crippen molar-refractivity contribution < 1.29 is 18.0 Å². The van der Waals surface area contributed by atoms with Crippen LogP contribution >= 0.6 is 0 Å². The summed E-state index contributed by atoms with van der Waals surface area (Å²) in [6, 6.07) is 2.85. The molecular formula is C26H38N8O5S. The molecule has 0 saturated carbocycles. The molecule has 1 fully saturated rings. The molecule has 1 amide bonds. The number of nitrogens with one attached hydrogen (secondary N) is 2. The second-order valence-corrected chi connectivity index (χ2v) is 12.1. The topological polar surface area (TPSA) is 147 Å². The van der Waals surface area contributed by atoms with Crippen molar-refractivity contribution >= 4 is 32.5 Å². The number of aromatic nitrogens is 4. The van der Waals surface area contributed by atoms with Gasteiger partial charge in [-0.25, -0.2) is 13.1 Å². The Hall–Kier alpha value is -3.65. The molecule has 218 valence electrons. The molecule has 14 heteroatoms. The number of anilines is 1. The molecule has 4 rings (SSSR count). The van der Waals surface area contributed by atoms with E-state index in [1.807, 2.05) is 37.5 Å². The number of carbonyl (C=O) groups is 1. The van der Waals surface area contributed by atoms with Crippen molar-refractivity contribution in [3.05, 3.63) is 46.1 Å². The minimum atomic E-state index is -3.89. The minimum Gasteiger partial charge on any atom is -0.396 e. The van der Waals surface area contributed by atoms with E-state index >= 15 is 0 Å². The normalized spacial score (nSPS) is 16.8. The lowest BCUT2D eigenvalue weighted by molar-refractivity contribution is -0.136. The van der Waals surface area contributed by atoms with Crippen molar-refractivity contribution in [1.82, 2.24) is 29.0 Å². The van der Waals surface area contributed by atoms with E-state index in [4.69, 9.17) is 4.84 Å². The Morgan fingerprint density at radius 1 is 1.30 bits per heavy atom. The number of nitrogens with zero attached hydrogens (tertiary/aromatic N) is 6. The van der Waals surface area contributed by atoms with E-state index in [9.17, 15) is 18.0 Å². The van der Waals surface area contributed by atoms with Gasteiger partial charge in [-0.05, 0) is 30.6 Å². The first-order valence-electron chi connectivity index (χ1n) is 13.4. The van der Waals surface area contributed by atoms with Crippen LogP contribution in [0, 0.1) is 5.92 Å². The van der Waals surface area contributed by atoms with Gasteiger partial charge in [-0.1, -0.05) is 20.8 Å². The summed E-state index contributed by atoms with van der Waals surface area (Å²) in [5, 5.41) is 8.44. The van der Waals surface area contributed by atoms with Gasteiger partial charge in [-0.3, -0.25) is 18.8 Å². The van der Waals surface area contributed by atoms with Crippen molar-refractivity contribution in [3.8, 4) is 0 Å². The number of carbonyl (C=O) groups excluding carboxylic acids is 1. The van der Waals surface area contributed by atoms with Crippen LogP contribution in [-0.2, 0) is 33.2 Å². The van der Waals surface area contributed by atoms with Crippen LogP contribution in [0.4, 0.5) is 5.69 Å². The maximum atomic E-state index is 14.0. The highest BCUT2D eigenvalue weighted by Crippen LogP contribution is 2.29. The molecule has 3 heterocycles. The molecule has 0 spiro atoms. The van der Waals surface area contributed by atoms with Crippen molar-refractivity contribution in [2.24, 2.45) is 18.1 Å². The third-order valence-corrected chi connectivity index (χ3v) is 8.37. The molecule has 0 radical (unpaired) electrons. The maximum Gasteiger partial charge on any atom is 0.263 e. The smallest absolute Gasteiger partial charge is 0.263 e. The van der Waals surface area contributed by atoms with Crippen LogP contribution in [0.25, 0.3) is 10.9 Å². The molecule has 1 aliphatic rings. The molecule has 2 N–H and O–H groups in total. The quantitative estimate of drug-likeness (QED) is 0.362. The van der Waals surface area contributed by atoms with E-state index in [2.05, 4.69) is 20.0 Å². The van der Waals surface area contributed by atoms with E-state index in [0.717, 1.165) is 5.56 Å². The Kier molecular flexibility index (Phi) is 8.68. The third-order valence-electron chi connectivity index (χ3n) is 6.93. The van der Waals surface area contributed by atoms with Crippen molar-refractivity contribution in [2.75, 3.05) is 38.2 Å². The lowest BCUT2D eigenvalue weighted by Crippen LogP contribution is -2.55. The van der Waals surface area contributed by atoms with Gasteiger partial charge in [-0.2, -0.15) is 5.10 Å². The van der Waals surface area contributed by atoms with E-state index in [0.29, 0.717) is 37.3 Å². The summed E-state index contributed by atoms with van der Waals surface area (Å²) in [7, 11) is -0.727. The van der Waals surface area contributed by atoms with E-state index in [1.54, 1.807) is 30.2 Å². The molecular weight excluding hydrogens is 536 g/mol. The predicted molar refractivity (Wildman–Crippen MR) is 151 cm³/mol. The fourth-order valence-electron chi connectivity index (χ4n) is 4.92.